The van der Waals surface area contributed by atoms with Crippen LogP contribution in [0, 0.1) is 0 Å². The van der Waals surface area contributed by atoms with E-state index in [0.717, 1.165) is 32.5 Å². The van der Waals surface area contributed by atoms with Crippen molar-refractivity contribution in [2.75, 3.05) is 20.2 Å². The Morgan fingerprint density at radius 2 is 1.64 bits per heavy atom. The lowest BCUT2D eigenvalue weighted by Crippen LogP contribution is -2.44. The van der Waals surface area contributed by atoms with Crippen LogP contribution in [0.5, 0.6) is 5.75 Å². The van der Waals surface area contributed by atoms with Crippen LogP contribution in [0.15, 0.2) is 67.0 Å². The molecule has 1 aliphatic rings. The van der Waals surface area contributed by atoms with Crippen molar-refractivity contribution in [3.05, 3.63) is 89.5 Å². The monoisotopic (exact) mass is 444 g/mol. The van der Waals surface area contributed by atoms with Gasteiger partial charge in [-0.3, -0.25) is 14.5 Å². The van der Waals surface area contributed by atoms with E-state index in [9.17, 15) is 9.59 Å². The van der Waals surface area contributed by atoms with E-state index in [4.69, 9.17) is 4.74 Å². The lowest BCUT2D eigenvalue weighted by molar-refractivity contribution is 0.0908. The van der Waals surface area contributed by atoms with Gasteiger partial charge in [-0.1, -0.05) is 30.3 Å². The molecular formula is C26H28N4O3. The predicted molar refractivity (Wildman–Crippen MR) is 125 cm³/mol. The lowest BCUT2D eigenvalue weighted by atomic mass is 10.0. The summed E-state index contributed by atoms with van der Waals surface area (Å²) in [6.45, 7) is 2.83. The van der Waals surface area contributed by atoms with E-state index in [-0.39, 0.29) is 24.2 Å². The first-order valence-corrected chi connectivity index (χ1v) is 11.2. The standard InChI is InChI=1S/C26H28N4O3/c1-33-23-9-7-20(8-10-23)24(31)15-25-27-16-21(17-28-25)26(32)29-22-11-13-30(14-12-22)18-19-5-3-2-4-6-19/h2-10,16-17,22H,11-15,18H2,1H3,(H,29,32). The van der Waals surface area contributed by atoms with E-state index in [0.29, 0.717) is 22.7 Å². The van der Waals surface area contributed by atoms with Crippen molar-refractivity contribution in [1.29, 1.82) is 0 Å². The Morgan fingerprint density at radius 1 is 0.970 bits per heavy atom. The van der Waals surface area contributed by atoms with Crippen LogP contribution in [0.1, 0.15) is 44.9 Å². The Balaban J connectivity index is 1.25. The minimum absolute atomic E-state index is 0.0775. The van der Waals surface area contributed by atoms with Crippen molar-refractivity contribution in [3.63, 3.8) is 0 Å². The van der Waals surface area contributed by atoms with Gasteiger partial charge in [-0.15, -0.1) is 0 Å². The van der Waals surface area contributed by atoms with Crippen molar-refractivity contribution in [3.8, 4) is 5.75 Å². The summed E-state index contributed by atoms with van der Waals surface area (Å²) in [7, 11) is 1.58. The van der Waals surface area contributed by atoms with E-state index >= 15 is 0 Å². The topological polar surface area (TPSA) is 84.4 Å². The number of methoxy groups -OCH3 is 1. The zero-order chi connectivity index (χ0) is 23.0. The van der Waals surface area contributed by atoms with Crippen LogP contribution < -0.4 is 10.1 Å². The minimum Gasteiger partial charge on any atom is -0.497 e. The molecule has 4 rings (SSSR count). The molecule has 2 heterocycles. The summed E-state index contributed by atoms with van der Waals surface area (Å²) in [5.74, 6) is 0.822. The first kappa shape index (κ1) is 22.6. The average Bonchev–Trinajstić information content (AvgIpc) is 2.86. The van der Waals surface area contributed by atoms with Gasteiger partial charge in [0.15, 0.2) is 5.78 Å². The Bertz CT molecular complexity index is 1060. The fourth-order valence-electron chi connectivity index (χ4n) is 3.93. The quantitative estimate of drug-likeness (QED) is 0.537. The molecule has 1 N–H and O–H groups in total. The second kappa shape index (κ2) is 10.8. The van der Waals surface area contributed by atoms with Gasteiger partial charge in [0.05, 0.1) is 19.1 Å². The highest BCUT2D eigenvalue weighted by molar-refractivity contribution is 5.97. The van der Waals surface area contributed by atoms with E-state index in [1.54, 1.807) is 31.4 Å². The SMILES string of the molecule is COc1ccc(C(=O)Cc2ncc(C(=O)NC3CCN(Cc4ccccc4)CC3)cn2)cc1. The first-order valence-electron chi connectivity index (χ1n) is 11.2. The zero-order valence-corrected chi connectivity index (χ0v) is 18.7. The number of carbonyl (C=O) groups is 2. The summed E-state index contributed by atoms with van der Waals surface area (Å²) in [5.41, 5.74) is 2.28. The Hall–Kier alpha value is -3.58. The molecule has 7 heteroatoms. The van der Waals surface area contributed by atoms with Gasteiger partial charge < -0.3 is 10.1 Å². The molecular weight excluding hydrogens is 416 g/mol. The molecule has 1 saturated heterocycles. The Morgan fingerprint density at radius 3 is 2.27 bits per heavy atom. The summed E-state index contributed by atoms with van der Waals surface area (Å²) in [5, 5.41) is 3.09. The van der Waals surface area contributed by atoms with Gasteiger partial charge in [0, 0.05) is 43.6 Å². The van der Waals surface area contributed by atoms with Crippen molar-refractivity contribution in [2.45, 2.75) is 31.8 Å². The van der Waals surface area contributed by atoms with Crippen LogP contribution in [0.2, 0.25) is 0 Å². The van der Waals surface area contributed by atoms with E-state index in [1.165, 1.54) is 18.0 Å². The third-order valence-electron chi connectivity index (χ3n) is 5.87. The molecule has 0 spiro atoms. The lowest BCUT2D eigenvalue weighted by Gasteiger charge is -2.32. The fraction of sp³-hybridized carbons (Fsp3) is 0.308. The number of aromatic nitrogens is 2. The zero-order valence-electron chi connectivity index (χ0n) is 18.7. The molecule has 0 bridgehead atoms. The summed E-state index contributed by atoms with van der Waals surface area (Å²) in [6.07, 6.45) is 4.88. The molecule has 0 radical (unpaired) electrons. The molecule has 1 amide bonds. The Kier molecular flexibility index (Phi) is 7.42. The van der Waals surface area contributed by atoms with Crippen molar-refractivity contribution in [2.24, 2.45) is 0 Å². The molecule has 170 valence electrons. The number of piperidine rings is 1. The maximum Gasteiger partial charge on any atom is 0.254 e. The van der Waals surface area contributed by atoms with Crippen molar-refractivity contribution < 1.29 is 14.3 Å². The second-order valence-corrected chi connectivity index (χ2v) is 8.23. The highest BCUT2D eigenvalue weighted by Crippen LogP contribution is 2.15. The van der Waals surface area contributed by atoms with Gasteiger partial charge in [0.2, 0.25) is 0 Å². The molecule has 1 fully saturated rings. The van der Waals surface area contributed by atoms with Crippen LogP contribution in [0.25, 0.3) is 0 Å². The number of ether oxygens (including phenoxy) is 1. The molecule has 1 aliphatic heterocycles. The number of rotatable bonds is 8. The number of amides is 1. The Labute approximate surface area is 193 Å². The number of likely N-dealkylation sites (tertiary alicyclic amines) is 1. The average molecular weight is 445 g/mol. The van der Waals surface area contributed by atoms with E-state index < -0.39 is 0 Å². The number of hydrogen-bond donors (Lipinski definition) is 1. The number of benzene rings is 2. The minimum atomic E-state index is -0.176. The molecule has 0 aliphatic carbocycles. The number of nitrogens with one attached hydrogen (secondary N) is 1. The normalized spacial score (nSPS) is 14.6. The summed E-state index contributed by atoms with van der Waals surface area (Å²) < 4.78 is 5.11. The maximum absolute atomic E-state index is 12.6. The molecule has 0 atom stereocenters. The first-order chi connectivity index (χ1) is 16.1. The molecule has 1 aromatic heterocycles. The van der Waals surface area contributed by atoms with Gasteiger partial charge in [-0.05, 0) is 42.7 Å². The summed E-state index contributed by atoms with van der Waals surface area (Å²) in [4.78, 5) is 35.9. The van der Waals surface area contributed by atoms with Crippen molar-refractivity contribution >= 4 is 11.7 Å². The van der Waals surface area contributed by atoms with Gasteiger partial charge in [0.1, 0.15) is 11.6 Å². The van der Waals surface area contributed by atoms with Gasteiger partial charge in [0.25, 0.3) is 5.91 Å². The van der Waals surface area contributed by atoms with Crippen LogP contribution in [-0.2, 0) is 13.0 Å². The van der Waals surface area contributed by atoms with E-state index in [1.807, 2.05) is 6.07 Å². The molecule has 7 nitrogen and oxygen atoms in total. The number of carbonyl (C=O) groups excluding carboxylic acids is 2. The van der Waals surface area contributed by atoms with E-state index in [2.05, 4.69) is 44.5 Å². The highest BCUT2D eigenvalue weighted by Gasteiger charge is 2.21. The van der Waals surface area contributed by atoms with Crippen LogP contribution >= 0.6 is 0 Å². The third kappa shape index (κ3) is 6.23. The van der Waals surface area contributed by atoms with Crippen LogP contribution in [0.3, 0.4) is 0 Å². The summed E-state index contributed by atoms with van der Waals surface area (Å²) in [6, 6.07) is 17.5. The smallest absolute Gasteiger partial charge is 0.254 e. The van der Waals surface area contributed by atoms with Gasteiger partial charge in [-0.2, -0.15) is 0 Å². The number of ketones is 1. The summed E-state index contributed by atoms with van der Waals surface area (Å²) >= 11 is 0. The predicted octanol–water partition coefficient (Wildman–Crippen LogP) is 3.31. The second-order valence-electron chi connectivity index (χ2n) is 8.23. The van der Waals surface area contributed by atoms with Crippen molar-refractivity contribution in [1.82, 2.24) is 20.2 Å². The van der Waals surface area contributed by atoms with Crippen LogP contribution in [-0.4, -0.2) is 52.8 Å². The number of Topliss-reactive ketones (excluding diaryl/α,β-unsaturated/α-hetero) is 1. The molecule has 3 aromatic rings. The number of hydrogen-bond acceptors (Lipinski definition) is 6. The molecule has 33 heavy (non-hydrogen) atoms. The maximum atomic E-state index is 12.6. The molecule has 0 saturated carbocycles. The fourth-order valence-corrected chi connectivity index (χ4v) is 3.93. The van der Waals surface area contributed by atoms with Gasteiger partial charge in [-0.25, -0.2) is 9.97 Å². The number of nitrogens with zero attached hydrogens (tertiary/aromatic N) is 3. The largest absolute Gasteiger partial charge is 0.497 e. The van der Waals surface area contributed by atoms with Gasteiger partial charge >= 0.3 is 0 Å². The van der Waals surface area contributed by atoms with Crippen LogP contribution in [0.4, 0.5) is 0 Å². The molecule has 0 unspecified atom stereocenters. The third-order valence-corrected chi connectivity index (χ3v) is 5.87. The highest BCUT2D eigenvalue weighted by atomic mass is 16.5. The molecule has 2 aromatic carbocycles.